The van der Waals surface area contributed by atoms with E-state index in [1.807, 2.05) is 78.9 Å². The lowest BCUT2D eigenvalue weighted by Gasteiger charge is -2.26. The van der Waals surface area contributed by atoms with Crippen molar-refractivity contribution in [3.8, 4) is 5.75 Å². The fourth-order valence-corrected chi connectivity index (χ4v) is 4.13. The lowest BCUT2D eigenvalue weighted by Crippen LogP contribution is -2.46. The molecule has 3 aromatic carbocycles. The van der Waals surface area contributed by atoms with Gasteiger partial charge in [-0.3, -0.25) is 9.59 Å². The summed E-state index contributed by atoms with van der Waals surface area (Å²) in [7, 11) is 1.59. The summed E-state index contributed by atoms with van der Waals surface area (Å²) in [6.45, 7) is 1.93. The first-order valence-corrected chi connectivity index (χ1v) is 9.65. The molecule has 3 aromatic rings. The van der Waals surface area contributed by atoms with E-state index in [9.17, 15) is 9.59 Å². The highest BCUT2D eigenvalue weighted by Gasteiger charge is 2.54. The molecule has 1 heterocycles. The maximum absolute atomic E-state index is 13.8. The van der Waals surface area contributed by atoms with Gasteiger partial charge in [-0.15, -0.1) is 0 Å². The number of ketones is 1. The molecule has 4 nitrogen and oxygen atoms in total. The predicted octanol–water partition coefficient (Wildman–Crippen LogP) is 4.31. The average molecular weight is 385 g/mol. The number of rotatable bonds is 6. The lowest BCUT2D eigenvalue weighted by atomic mass is 9.73. The van der Waals surface area contributed by atoms with Gasteiger partial charge in [0.25, 0.3) is 0 Å². The third kappa shape index (κ3) is 3.21. The number of carbonyl (C=O) groups is 2. The van der Waals surface area contributed by atoms with E-state index in [2.05, 4.69) is 0 Å². The van der Waals surface area contributed by atoms with Crippen molar-refractivity contribution in [1.82, 2.24) is 0 Å². The van der Waals surface area contributed by atoms with Gasteiger partial charge in [-0.05, 0) is 42.7 Å². The Labute approximate surface area is 170 Å². The van der Waals surface area contributed by atoms with E-state index in [-0.39, 0.29) is 11.7 Å². The molecule has 1 atom stereocenters. The number of carbonyl (C=O) groups excluding carboxylic acids is 2. The van der Waals surface area contributed by atoms with Crippen molar-refractivity contribution in [1.29, 1.82) is 0 Å². The molecule has 0 saturated carbocycles. The molecule has 0 spiro atoms. The molecular formula is C25H23NO3. The summed E-state index contributed by atoms with van der Waals surface area (Å²) in [5.74, 6) is 0.300. The molecule has 146 valence electrons. The number of hydrogen-bond donors (Lipinski definition) is 0. The van der Waals surface area contributed by atoms with Crippen LogP contribution in [-0.2, 0) is 28.0 Å². The number of ether oxygens (including phenoxy) is 1. The molecule has 0 saturated heterocycles. The highest BCUT2D eigenvalue weighted by molar-refractivity contribution is 6.22. The minimum atomic E-state index is -1.25. The third-order valence-electron chi connectivity index (χ3n) is 5.66. The smallest absolute Gasteiger partial charge is 0.245 e. The summed E-state index contributed by atoms with van der Waals surface area (Å²) >= 11 is 0. The van der Waals surface area contributed by atoms with Gasteiger partial charge in [-0.1, -0.05) is 60.7 Å². The van der Waals surface area contributed by atoms with Crippen LogP contribution in [0.2, 0.25) is 0 Å². The lowest BCUT2D eigenvalue weighted by molar-refractivity contribution is -0.133. The first-order chi connectivity index (χ1) is 14.1. The predicted molar refractivity (Wildman–Crippen MR) is 113 cm³/mol. The molecule has 0 aliphatic carbocycles. The number of amides is 1. The van der Waals surface area contributed by atoms with Crippen molar-refractivity contribution >= 4 is 17.4 Å². The molecule has 0 bridgehead atoms. The topological polar surface area (TPSA) is 46.6 Å². The molecule has 0 N–H and O–H groups in total. The molecule has 1 amide bonds. The molecule has 0 aromatic heterocycles. The van der Waals surface area contributed by atoms with Crippen LogP contribution in [0.15, 0.2) is 78.9 Å². The second-order valence-electron chi connectivity index (χ2n) is 7.38. The molecule has 4 rings (SSSR count). The molecule has 0 fully saturated rings. The van der Waals surface area contributed by atoms with Crippen molar-refractivity contribution in [2.75, 3.05) is 12.0 Å². The Morgan fingerprint density at radius 2 is 1.55 bits per heavy atom. The first kappa shape index (κ1) is 18.9. The molecule has 1 aliphatic heterocycles. The number of fused-ring (bicyclic) bond motifs is 1. The number of Topliss-reactive ketones (excluding diaryl/α,β-unsaturated/α-hetero) is 1. The highest BCUT2D eigenvalue weighted by atomic mass is 16.5. The summed E-state index contributed by atoms with van der Waals surface area (Å²) in [6, 6.07) is 25.1. The second kappa shape index (κ2) is 7.55. The fraction of sp³-hybridized carbons (Fsp3) is 0.200. The largest absolute Gasteiger partial charge is 0.497 e. The van der Waals surface area contributed by atoms with E-state index >= 15 is 0 Å². The van der Waals surface area contributed by atoms with Crippen molar-refractivity contribution in [3.63, 3.8) is 0 Å². The van der Waals surface area contributed by atoms with Crippen molar-refractivity contribution in [2.24, 2.45) is 0 Å². The molecule has 4 heteroatoms. The van der Waals surface area contributed by atoms with E-state index in [0.717, 1.165) is 16.8 Å². The minimum absolute atomic E-state index is 0.156. The highest BCUT2D eigenvalue weighted by Crippen LogP contribution is 2.46. The van der Waals surface area contributed by atoms with Crippen LogP contribution in [0.5, 0.6) is 5.75 Å². The first-order valence-electron chi connectivity index (χ1n) is 9.65. The SMILES string of the molecule is COc1ccc2c(c1)C(Cc1ccccc1)(C(C)=O)C(=O)N2Cc1ccccc1. The molecule has 0 radical (unpaired) electrons. The van der Waals surface area contributed by atoms with Crippen LogP contribution in [0, 0.1) is 0 Å². The van der Waals surface area contributed by atoms with Crippen molar-refractivity contribution < 1.29 is 14.3 Å². The van der Waals surface area contributed by atoms with Crippen molar-refractivity contribution in [3.05, 3.63) is 95.6 Å². The Morgan fingerprint density at radius 3 is 2.14 bits per heavy atom. The summed E-state index contributed by atoms with van der Waals surface area (Å²) in [6.07, 6.45) is 0.327. The Bertz CT molecular complexity index is 1050. The van der Waals surface area contributed by atoms with E-state index in [0.29, 0.717) is 24.3 Å². The van der Waals surface area contributed by atoms with Gasteiger partial charge >= 0.3 is 0 Å². The number of nitrogens with zero attached hydrogens (tertiary/aromatic N) is 1. The zero-order valence-electron chi connectivity index (χ0n) is 16.6. The van der Waals surface area contributed by atoms with Crippen LogP contribution < -0.4 is 9.64 Å². The quantitative estimate of drug-likeness (QED) is 0.594. The van der Waals surface area contributed by atoms with Crippen LogP contribution in [-0.4, -0.2) is 18.8 Å². The van der Waals surface area contributed by atoms with Gasteiger partial charge in [0, 0.05) is 11.3 Å². The van der Waals surface area contributed by atoms with Gasteiger partial charge in [0.15, 0.2) is 0 Å². The van der Waals surface area contributed by atoms with Crippen LogP contribution in [0.25, 0.3) is 0 Å². The van der Waals surface area contributed by atoms with E-state index in [1.165, 1.54) is 6.92 Å². The third-order valence-corrected chi connectivity index (χ3v) is 5.66. The van der Waals surface area contributed by atoms with E-state index in [1.54, 1.807) is 12.0 Å². The average Bonchev–Trinajstić information content (AvgIpc) is 2.98. The summed E-state index contributed by atoms with van der Waals surface area (Å²) < 4.78 is 5.41. The molecule has 1 aliphatic rings. The fourth-order valence-electron chi connectivity index (χ4n) is 4.13. The van der Waals surface area contributed by atoms with Crippen LogP contribution in [0.4, 0.5) is 5.69 Å². The van der Waals surface area contributed by atoms with Crippen LogP contribution in [0.3, 0.4) is 0 Å². The molecule has 29 heavy (non-hydrogen) atoms. The zero-order valence-corrected chi connectivity index (χ0v) is 16.6. The van der Waals surface area contributed by atoms with E-state index < -0.39 is 5.41 Å². The number of benzene rings is 3. The van der Waals surface area contributed by atoms with Gasteiger partial charge in [0.1, 0.15) is 16.9 Å². The zero-order chi connectivity index (χ0) is 20.4. The Morgan fingerprint density at radius 1 is 0.931 bits per heavy atom. The van der Waals surface area contributed by atoms with Crippen molar-refractivity contribution in [2.45, 2.75) is 25.3 Å². The summed E-state index contributed by atoms with van der Waals surface area (Å²) in [5, 5.41) is 0. The van der Waals surface area contributed by atoms with Gasteiger partial charge in [-0.2, -0.15) is 0 Å². The molecule has 1 unspecified atom stereocenters. The number of anilines is 1. The number of methoxy groups -OCH3 is 1. The normalized spacial score (nSPS) is 17.9. The van der Waals surface area contributed by atoms with Crippen LogP contribution >= 0.6 is 0 Å². The standard InChI is InChI=1S/C25H23NO3/c1-18(27)25(16-19-9-5-3-6-10-19)22-15-21(29-2)13-14-23(22)26(24(25)28)17-20-11-7-4-8-12-20/h3-15H,16-17H2,1-2H3. The maximum atomic E-state index is 13.8. The summed E-state index contributed by atoms with van der Waals surface area (Å²) in [5.41, 5.74) is 2.20. The van der Waals surface area contributed by atoms with Crippen LogP contribution in [0.1, 0.15) is 23.6 Å². The number of hydrogen-bond acceptors (Lipinski definition) is 3. The van der Waals surface area contributed by atoms with Gasteiger partial charge < -0.3 is 9.64 Å². The maximum Gasteiger partial charge on any atom is 0.245 e. The minimum Gasteiger partial charge on any atom is -0.497 e. The molecular weight excluding hydrogens is 362 g/mol. The Hall–Kier alpha value is -3.40. The second-order valence-corrected chi connectivity index (χ2v) is 7.38. The monoisotopic (exact) mass is 385 g/mol. The summed E-state index contributed by atoms with van der Waals surface area (Å²) in [4.78, 5) is 28.6. The van der Waals surface area contributed by atoms with Gasteiger partial charge in [-0.25, -0.2) is 0 Å². The Kier molecular flexibility index (Phi) is 4.93. The van der Waals surface area contributed by atoms with Gasteiger partial charge in [0.2, 0.25) is 5.91 Å². The van der Waals surface area contributed by atoms with E-state index in [4.69, 9.17) is 4.74 Å². The van der Waals surface area contributed by atoms with Gasteiger partial charge in [0.05, 0.1) is 13.7 Å². The Balaban J connectivity index is 1.86.